The van der Waals surface area contributed by atoms with Crippen LogP contribution in [0.4, 0.5) is 4.39 Å². The molecule has 0 spiro atoms. The molecule has 1 N–H and O–H groups in total. The van der Waals surface area contributed by atoms with Crippen molar-refractivity contribution in [2.24, 2.45) is 0 Å². The first kappa shape index (κ1) is 17.1. The summed E-state index contributed by atoms with van der Waals surface area (Å²) >= 11 is 0. The van der Waals surface area contributed by atoms with E-state index in [0.717, 1.165) is 37.1 Å². The molecule has 0 unspecified atom stereocenters. The molecule has 0 fully saturated rings. The normalized spacial score (nSPS) is 12.2. The van der Waals surface area contributed by atoms with E-state index in [1.54, 1.807) is 6.07 Å². The third-order valence-corrected chi connectivity index (χ3v) is 4.17. The molecular weight excluding hydrogens is 251 g/mol. The van der Waals surface area contributed by atoms with Crippen LogP contribution in [0, 0.1) is 5.82 Å². The smallest absolute Gasteiger partial charge is 0.127 e. The lowest BCUT2D eigenvalue weighted by molar-refractivity contribution is 0.141. The molecule has 0 saturated heterocycles. The summed E-state index contributed by atoms with van der Waals surface area (Å²) < 4.78 is 14.0. The summed E-state index contributed by atoms with van der Waals surface area (Å²) in [6, 6.07) is 5.44. The molecule has 0 aliphatic carbocycles. The number of nitrogens with one attached hydrogen (secondary N) is 1. The van der Waals surface area contributed by atoms with Gasteiger partial charge in [-0.1, -0.05) is 26.0 Å². The van der Waals surface area contributed by atoms with Crippen LogP contribution >= 0.6 is 0 Å². The van der Waals surface area contributed by atoms with Crippen molar-refractivity contribution < 1.29 is 4.39 Å². The zero-order valence-electron chi connectivity index (χ0n) is 13.6. The lowest BCUT2D eigenvalue weighted by Crippen LogP contribution is -2.40. The van der Waals surface area contributed by atoms with Crippen LogP contribution in [0.1, 0.15) is 51.7 Å². The van der Waals surface area contributed by atoms with Crippen molar-refractivity contribution in [3.8, 4) is 0 Å². The molecule has 1 rings (SSSR count). The first-order valence-corrected chi connectivity index (χ1v) is 7.60. The summed E-state index contributed by atoms with van der Waals surface area (Å²) in [5.41, 5.74) is 2.02. The van der Waals surface area contributed by atoms with E-state index in [2.05, 4.69) is 45.0 Å². The number of nitrogens with zero attached hydrogens (tertiary/aromatic N) is 1. The highest BCUT2D eigenvalue weighted by Gasteiger charge is 2.22. The Balaban J connectivity index is 2.76. The largest absolute Gasteiger partial charge is 0.313 e. The minimum atomic E-state index is -0.108. The van der Waals surface area contributed by atoms with Crippen LogP contribution in [-0.2, 0) is 13.1 Å². The van der Waals surface area contributed by atoms with Gasteiger partial charge in [-0.3, -0.25) is 4.90 Å². The summed E-state index contributed by atoms with van der Waals surface area (Å²) in [6.45, 7) is 11.1. The second kappa shape index (κ2) is 7.75. The summed E-state index contributed by atoms with van der Waals surface area (Å²) in [4.78, 5) is 2.22. The van der Waals surface area contributed by atoms with Crippen LogP contribution < -0.4 is 5.32 Å². The highest BCUT2D eigenvalue weighted by atomic mass is 19.1. The van der Waals surface area contributed by atoms with Crippen LogP contribution in [0.2, 0.25) is 0 Å². The Kier molecular flexibility index (Phi) is 6.63. The summed E-state index contributed by atoms with van der Waals surface area (Å²) in [5, 5.41) is 3.36. The average Bonchev–Trinajstić information content (AvgIpc) is 2.42. The summed E-state index contributed by atoms with van der Waals surface area (Å²) in [6.07, 6.45) is 2.16. The van der Waals surface area contributed by atoms with Crippen molar-refractivity contribution >= 4 is 0 Å². The van der Waals surface area contributed by atoms with Gasteiger partial charge in [-0.2, -0.15) is 0 Å². The van der Waals surface area contributed by atoms with E-state index in [-0.39, 0.29) is 11.4 Å². The molecule has 2 nitrogen and oxygen atoms in total. The SMILES string of the molecule is CCCNCc1ccc(F)c(CN(C)C(C)(C)CC)c1. The number of rotatable bonds is 8. The lowest BCUT2D eigenvalue weighted by Gasteiger charge is -2.35. The van der Waals surface area contributed by atoms with E-state index >= 15 is 0 Å². The highest BCUT2D eigenvalue weighted by Crippen LogP contribution is 2.21. The van der Waals surface area contributed by atoms with Gasteiger partial charge in [0.1, 0.15) is 5.82 Å². The fourth-order valence-corrected chi connectivity index (χ4v) is 2.01. The zero-order valence-corrected chi connectivity index (χ0v) is 13.6. The van der Waals surface area contributed by atoms with Crippen molar-refractivity contribution in [2.45, 2.75) is 59.2 Å². The molecular formula is C17H29FN2. The van der Waals surface area contributed by atoms with E-state index in [9.17, 15) is 4.39 Å². The van der Waals surface area contributed by atoms with Gasteiger partial charge in [0.25, 0.3) is 0 Å². The van der Waals surface area contributed by atoms with Crippen LogP contribution in [0.15, 0.2) is 18.2 Å². The first-order valence-electron chi connectivity index (χ1n) is 7.60. The van der Waals surface area contributed by atoms with Gasteiger partial charge in [-0.05, 0) is 51.9 Å². The molecule has 1 aromatic carbocycles. The van der Waals surface area contributed by atoms with Crippen LogP contribution in [0.5, 0.6) is 0 Å². The fourth-order valence-electron chi connectivity index (χ4n) is 2.01. The van der Waals surface area contributed by atoms with Crippen LogP contribution in [0.25, 0.3) is 0 Å². The number of benzene rings is 1. The van der Waals surface area contributed by atoms with Crippen molar-refractivity contribution in [2.75, 3.05) is 13.6 Å². The third kappa shape index (κ3) is 4.88. The average molecular weight is 280 g/mol. The minimum absolute atomic E-state index is 0.0862. The monoisotopic (exact) mass is 280 g/mol. The molecule has 0 heterocycles. The van der Waals surface area contributed by atoms with Crippen molar-refractivity contribution in [3.05, 3.63) is 35.1 Å². The van der Waals surface area contributed by atoms with Crippen LogP contribution in [0.3, 0.4) is 0 Å². The van der Waals surface area contributed by atoms with Gasteiger partial charge in [0, 0.05) is 24.2 Å². The zero-order chi connectivity index (χ0) is 15.2. The second-order valence-corrected chi connectivity index (χ2v) is 6.12. The minimum Gasteiger partial charge on any atom is -0.313 e. The maximum Gasteiger partial charge on any atom is 0.127 e. The summed E-state index contributed by atoms with van der Waals surface area (Å²) in [5.74, 6) is -0.108. The van der Waals surface area contributed by atoms with Crippen molar-refractivity contribution in [3.63, 3.8) is 0 Å². The van der Waals surface area contributed by atoms with Crippen molar-refractivity contribution in [1.82, 2.24) is 10.2 Å². The summed E-state index contributed by atoms with van der Waals surface area (Å²) in [7, 11) is 2.06. The second-order valence-electron chi connectivity index (χ2n) is 6.12. The Morgan fingerprint density at radius 3 is 2.55 bits per heavy atom. The quantitative estimate of drug-likeness (QED) is 0.725. The third-order valence-electron chi connectivity index (χ3n) is 4.17. The molecule has 1 aromatic rings. The van der Waals surface area contributed by atoms with E-state index in [0.29, 0.717) is 6.54 Å². The Labute approximate surface area is 123 Å². The predicted molar refractivity (Wildman–Crippen MR) is 84.2 cm³/mol. The molecule has 114 valence electrons. The van der Waals surface area contributed by atoms with Gasteiger partial charge >= 0.3 is 0 Å². The van der Waals surface area contributed by atoms with Gasteiger partial charge in [-0.25, -0.2) is 4.39 Å². The molecule has 20 heavy (non-hydrogen) atoms. The first-order chi connectivity index (χ1) is 9.40. The van der Waals surface area contributed by atoms with E-state index in [4.69, 9.17) is 0 Å². The predicted octanol–water partition coefficient (Wildman–Crippen LogP) is 3.95. The number of hydrogen-bond acceptors (Lipinski definition) is 2. The maximum atomic E-state index is 14.0. The standard InChI is InChI=1S/C17H29FN2/c1-6-10-19-12-14-8-9-16(18)15(11-14)13-20(5)17(3,4)7-2/h8-9,11,19H,6-7,10,12-13H2,1-5H3. The van der Waals surface area contributed by atoms with Gasteiger partial charge in [0.05, 0.1) is 0 Å². The topological polar surface area (TPSA) is 15.3 Å². The van der Waals surface area contributed by atoms with Gasteiger partial charge in [-0.15, -0.1) is 0 Å². The fraction of sp³-hybridized carbons (Fsp3) is 0.647. The Morgan fingerprint density at radius 2 is 1.95 bits per heavy atom. The number of halogens is 1. The highest BCUT2D eigenvalue weighted by molar-refractivity contribution is 5.25. The van der Waals surface area contributed by atoms with E-state index in [1.165, 1.54) is 0 Å². The van der Waals surface area contributed by atoms with Gasteiger partial charge < -0.3 is 5.32 Å². The maximum absolute atomic E-state index is 14.0. The van der Waals surface area contributed by atoms with Gasteiger partial charge in [0.15, 0.2) is 0 Å². The van der Waals surface area contributed by atoms with Crippen molar-refractivity contribution in [1.29, 1.82) is 0 Å². The number of hydrogen-bond donors (Lipinski definition) is 1. The molecule has 0 saturated carbocycles. The molecule has 0 aromatic heterocycles. The molecule has 0 bridgehead atoms. The molecule has 0 radical (unpaired) electrons. The Morgan fingerprint density at radius 1 is 1.25 bits per heavy atom. The lowest BCUT2D eigenvalue weighted by atomic mass is 9.99. The Bertz CT molecular complexity index is 415. The van der Waals surface area contributed by atoms with E-state index in [1.807, 2.05) is 12.1 Å². The molecule has 0 amide bonds. The molecule has 3 heteroatoms. The van der Waals surface area contributed by atoms with Crippen LogP contribution in [-0.4, -0.2) is 24.0 Å². The Hall–Kier alpha value is -0.930. The molecule has 0 aliphatic heterocycles. The van der Waals surface area contributed by atoms with Gasteiger partial charge in [0.2, 0.25) is 0 Å². The molecule has 0 atom stereocenters. The van der Waals surface area contributed by atoms with E-state index < -0.39 is 0 Å². The molecule has 0 aliphatic rings.